The van der Waals surface area contributed by atoms with Crippen LogP contribution in [-0.4, -0.2) is 39.6 Å². The summed E-state index contributed by atoms with van der Waals surface area (Å²) >= 11 is 0. The number of fused-ring (bicyclic) bond motifs is 2. The number of phenols is 2. The molecule has 0 bridgehead atoms. The Morgan fingerprint density at radius 3 is 2.23 bits per heavy atom. The maximum Gasteiger partial charge on any atom is 0.201 e. The van der Waals surface area contributed by atoms with Gasteiger partial charge in [-0.1, -0.05) is 6.58 Å². The highest BCUT2D eigenvalue weighted by molar-refractivity contribution is 6.30. The van der Waals surface area contributed by atoms with E-state index in [9.17, 15) is 24.9 Å². The minimum atomic E-state index is -0.897. The van der Waals surface area contributed by atoms with Gasteiger partial charge in [0, 0.05) is 17.2 Å². The van der Waals surface area contributed by atoms with Crippen molar-refractivity contribution in [1.82, 2.24) is 0 Å². The van der Waals surface area contributed by atoms with E-state index in [0.717, 1.165) is 0 Å². The summed E-state index contributed by atoms with van der Waals surface area (Å²) in [6.07, 6.45) is -0.897. The van der Waals surface area contributed by atoms with E-state index in [-0.39, 0.29) is 40.4 Å². The van der Waals surface area contributed by atoms with Gasteiger partial charge in [0.2, 0.25) is 5.78 Å². The Bertz CT molecular complexity index is 957. The minimum absolute atomic E-state index is 0.00712. The highest BCUT2D eigenvalue weighted by atomic mass is 16.5. The second kappa shape index (κ2) is 6.31. The van der Waals surface area contributed by atoms with Gasteiger partial charge in [-0.15, -0.1) is 0 Å². The van der Waals surface area contributed by atoms with E-state index >= 15 is 0 Å². The minimum Gasteiger partial charge on any atom is -0.507 e. The van der Waals surface area contributed by atoms with Crippen molar-refractivity contribution in [2.75, 3.05) is 6.61 Å². The molecule has 0 aromatic heterocycles. The monoisotopic (exact) mass is 354 g/mol. The average molecular weight is 354 g/mol. The number of carbonyl (C=O) groups is 2. The molecule has 0 saturated heterocycles. The number of hydrogen-bond acceptors (Lipinski definition) is 6. The van der Waals surface area contributed by atoms with Crippen LogP contribution >= 0.6 is 0 Å². The number of aliphatic hydroxyl groups excluding tert-OH is 1. The summed E-state index contributed by atoms with van der Waals surface area (Å²) in [5, 5.41) is 30.1. The molecule has 0 unspecified atom stereocenters. The van der Waals surface area contributed by atoms with E-state index in [1.54, 1.807) is 13.8 Å². The SMILES string of the molecule is C=C(C)[C@@H](O)COc1cc(O)c2c(c1)C(=O)c1cc(C)cc(O)c1C2=O. The molecule has 0 spiro atoms. The maximum atomic E-state index is 12.8. The molecule has 1 atom stereocenters. The molecule has 26 heavy (non-hydrogen) atoms. The van der Waals surface area contributed by atoms with Gasteiger partial charge in [-0.05, 0) is 43.2 Å². The second-order valence-corrected chi connectivity index (χ2v) is 6.40. The number of carbonyl (C=O) groups excluding carboxylic acids is 2. The van der Waals surface area contributed by atoms with Gasteiger partial charge >= 0.3 is 0 Å². The summed E-state index contributed by atoms with van der Waals surface area (Å²) < 4.78 is 5.41. The van der Waals surface area contributed by atoms with Crippen molar-refractivity contribution in [3.8, 4) is 17.2 Å². The summed E-state index contributed by atoms with van der Waals surface area (Å²) in [4.78, 5) is 25.5. The van der Waals surface area contributed by atoms with E-state index in [1.165, 1.54) is 24.3 Å². The number of aliphatic hydroxyl groups is 1. The van der Waals surface area contributed by atoms with Gasteiger partial charge in [-0.3, -0.25) is 9.59 Å². The molecular formula is C20H18O6. The Hall–Kier alpha value is -3.12. The highest BCUT2D eigenvalue weighted by Gasteiger charge is 2.35. The number of hydrogen-bond donors (Lipinski definition) is 3. The first-order valence-electron chi connectivity index (χ1n) is 7.97. The predicted octanol–water partition coefficient (Wildman–Crippen LogP) is 2.50. The number of ether oxygens (including phenoxy) is 1. The molecule has 0 heterocycles. The Morgan fingerprint density at radius 2 is 1.62 bits per heavy atom. The van der Waals surface area contributed by atoms with Crippen LogP contribution in [0.1, 0.15) is 44.3 Å². The quantitative estimate of drug-likeness (QED) is 0.622. The largest absolute Gasteiger partial charge is 0.507 e. The van der Waals surface area contributed by atoms with Crippen LogP contribution in [0.3, 0.4) is 0 Å². The van der Waals surface area contributed by atoms with Gasteiger partial charge in [-0.2, -0.15) is 0 Å². The summed E-state index contributed by atoms with van der Waals surface area (Å²) in [5.41, 5.74) is 0.931. The van der Waals surface area contributed by atoms with E-state index in [0.29, 0.717) is 11.1 Å². The normalized spacial score (nSPS) is 13.8. The molecule has 0 aliphatic heterocycles. The fourth-order valence-corrected chi connectivity index (χ4v) is 2.87. The maximum absolute atomic E-state index is 12.8. The molecular weight excluding hydrogens is 336 g/mol. The zero-order chi connectivity index (χ0) is 19.2. The van der Waals surface area contributed by atoms with Crippen molar-refractivity contribution < 1.29 is 29.6 Å². The Kier molecular flexibility index (Phi) is 4.29. The van der Waals surface area contributed by atoms with E-state index in [1.807, 2.05) is 0 Å². The molecule has 0 saturated carbocycles. The van der Waals surface area contributed by atoms with Crippen LogP contribution in [0.25, 0.3) is 0 Å². The van der Waals surface area contributed by atoms with Gasteiger partial charge in [0.25, 0.3) is 0 Å². The Labute approximate surface area is 150 Å². The first-order valence-corrected chi connectivity index (χ1v) is 7.97. The highest BCUT2D eigenvalue weighted by Crippen LogP contribution is 2.39. The molecule has 134 valence electrons. The molecule has 6 heteroatoms. The molecule has 0 fully saturated rings. The van der Waals surface area contributed by atoms with Crippen molar-refractivity contribution in [2.45, 2.75) is 20.0 Å². The average Bonchev–Trinajstić information content (AvgIpc) is 2.56. The first kappa shape index (κ1) is 17.7. The number of ketones is 2. The standard InChI is InChI=1S/C20H18O6/c1-9(2)16(23)8-26-11-6-13-18(15(22)7-11)20(25)17-12(19(13)24)4-10(3)5-14(17)21/h4-7,16,21-23H,1,8H2,2-3H3/t16-/m0/s1. The van der Waals surface area contributed by atoms with Crippen LogP contribution in [0.2, 0.25) is 0 Å². The number of benzene rings is 2. The lowest BCUT2D eigenvalue weighted by Gasteiger charge is -2.21. The number of phenolic OH excluding ortho intramolecular Hbond substituents is 2. The molecule has 0 amide bonds. The third-order valence-electron chi connectivity index (χ3n) is 4.27. The van der Waals surface area contributed by atoms with E-state index in [2.05, 4.69) is 6.58 Å². The summed E-state index contributed by atoms with van der Waals surface area (Å²) in [5.74, 6) is -1.70. The third kappa shape index (κ3) is 2.84. The molecule has 0 radical (unpaired) electrons. The number of rotatable bonds is 4. The van der Waals surface area contributed by atoms with Gasteiger partial charge in [0.15, 0.2) is 5.78 Å². The van der Waals surface area contributed by atoms with Crippen molar-refractivity contribution in [3.63, 3.8) is 0 Å². The van der Waals surface area contributed by atoms with Crippen molar-refractivity contribution in [1.29, 1.82) is 0 Å². The molecule has 2 aromatic rings. The first-order chi connectivity index (χ1) is 12.2. The van der Waals surface area contributed by atoms with Gasteiger partial charge in [0.1, 0.15) is 30.0 Å². The van der Waals surface area contributed by atoms with Crippen LogP contribution in [0.15, 0.2) is 36.4 Å². The van der Waals surface area contributed by atoms with Crippen LogP contribution < -0.4 is 4.74 Å². The van der Waals surface area contributed by atoms with Crippen molar-refractivity contribution in [3.05, 3.63) is 64.2 Å². The van der Waals surface area contributed by atoms with E-state index < -0.39 is 23.4 Å². The number of aromatic hydroxyl groups is 2. The zero-order valence-corrected chi connectivity index (χ0v) is 14.4. The fourth-order valence-electron chi connectivity index (χ4n) is 2.87. The lowest BCUT2D eigenvalue weighted by Crippen LogP contribution is -2.22. The van der Waals surface area contributed by atoms with Crippen LogP contribution in [0, 0.1) is 6.92 Å². The molecule has 1 aliphatic rings. The number of aryl methyl sites for hydroxylation is 1. The lowest BCUT2D eigenvalue weighted by molar-refractivity contribution is 0.0973. The summed E-state index contributed by atoms with van der Waals surface area (Å²) in [6, 6.07) is 5.46. The Balaban J connectivity index is 2.06. The zero-order valence-electron chi connectivity index (χ0n) is 14.4. The molecule has 1 aliphatic carbocycles. The molecule has 3 rings (SSSR count). The fraction of sp³-hybridized carbons (Fsp3) is 0.200. The van der Waals surface area contributed by atoms with Gasteiger partial charge in [0.05, 0.1) is 11.1 Å². The summed E-state index contributed by atoms with van der Waals surface area (Å²) in [7, 11) is 0. The van der Waals surface area contributed by atoms with Crippen LogP contribution in [0.4, 0.5) is 0 Å². The van der Waals surface area contributed by atoms with E-state index in [4.69, 9.17) is 4.74 Å². The van der Waals surface area contributed by atoms with Crippen molar-refractivity contribution in [2.24, 2.45) is 0 Å². The van der Waals surface area contributed by atoms with Gasteiger partial charge in [-0.25, -0.2) is 0 Å². The second-order valence-electron chi connectivity index (χ2n) is 6.40. The smallest absolute Gasteiger partial charge is 0.201 e. The topological polar surface area (TPSA) is 104 Å². The molecule has 2 aromatic carbocycles. The summed E-state index contributed by atoms with van der Waals surface area (Å²) in [6.45, 7) is 6.85. The molecule has 3 N–H and O–H groups in total. The third-order valence-corrected chi connectivity index (χ3v) is 4.27. The van der Waals surface area contributed by atoms with Crippen LogP contribution in [-0.2, 0) is 0 Å². The van der Waals surface area contributed by atoms with Gasteiger partial charge < -0.3 is 20.1 Å². The predicted molar refractivity (Wildman–Crippen MR) is 94.1 cm³/mol. The Morgan fingerprint density at radius 1 is 1.04 bits per heavy atom. The molecule has 6 nitrogen and oxygen atoms in total. The van der Waals surface area contributed by atoms with Crippen molar-refractivity contribution >= 4 is 11.6 Å². The van der Waals surface area contributed by atoms with Crippen LogP contribution in [0.5, 0.6) is 17.2 Å². The lowest BCUT2D eigenvalue weighted by atomic mass is 9.82.